The van der Waals surface area contributed by atoms with Crippen LogP contribution in [-0.2, 0) is 6.61 Å². The molecule has 0 atom stereocenters. The Morgan fingerprint density at radius 3 is 2.50 bits per heavy atom. The van der Waals surface area contributed by atoms with E-state index in [1.165, 1.54) is 12.1 Å². The lowest BCUT2D eigenvalue weighted by atomic mass is 10.2. The fourth-order valence-electron chi connectivity index (χ4n) is 1.69. The first-order valence-corrected chi connectivity index (χ1v) is 6.17. The molecule has 2 aromatic rings. The van der Waals surface area contributed by atoms with Crippen LogP contribution in [0.4, 0.5) is 5.69 Å². The second-order valence-corrected chi connectivity index (χ2v) is 4.43. The van der Waals surface area contributed by atoms with E-state index in [-0.39, 0.29) is 12.3 Å². The van der Waals surface area contributed by atoms with E-state index in [1.807, 2.05) is 0 Å². The molecule has 0 aliphatic heterocycles. The molecule has 0 unspecified atom stereocenters. The smallest absolute Gasteiger partial charge is 0.269 e. The maximum Gasteiger partial charge on any atom is 0.269 e. The largest absolute Gasteiger partial charge is 0.496 e. The number of halogens is 1. The number of benzene rings is 2. The third kappa shape index (κ3) is 3.39. The molecule has 0 saturated heterocycles. The zero-order chi connectivity index (χ0) is 14.5. The third-order valence-corrected chi connectivity index (χ3v) is 2.92. The van der Waals surface area contributed by atoms with E-state index < -0.39 is 4.92 Å². The molecule has 0 amide bonds. The summed E-state index contributed by atoms with van der Waals surface area (Å²) in [4.78, 5) is 10.1. The molecule has 20 heavy (non-hydrogen) atoms. The standard InChI is InChI=1S/C14H12ClNO4/c1-19-14-7-2-11(15)8-10(14)9-20-13-5-3-12(4-6-13)16(17)18/h2-8H,9H2,1H3. The average molecular weight is 294 g/mol. The Balaban J connectivity index is 2.08. The molecule has 2 aromatic carbocycles. The molecule has 2 rings (SSSR count). The molecule has 0 saturated carbocycles. The van der Waals surface area contributed by atoms with E-state index in [4.69, 9.17) is 21.1 Å². The van der Waals surface area contributed by atoms with Crippen molar-refractivity contribution >= 4 is 17.3 Å². The van der Waals surface area contributed by atoms with E-state index in [0.717, 1.165) is 5.56 Å². The molecule has 5 nitrogen and oxygen atoms in total. The van der Waals surface area contributed by atoms with Crippen molar-refractivity contribution in [1.82, 2.24) is 0 Å². The summed E-state index contributed by atoms with van der Waals surface area (Å²) in [6.07, 6.45) is 0. The van der Waals surface area contributed by atoms with E-state index in [1.54, 1.807) is 37.4 Å². The first kappa shape index (κ1) is 14.1. The maximum absolute atomic E-state index is 10.5. The molecule has 0 aliphatic carbocycles. The van der Waals surface area contributed by atoms with Crippen LogP contribution in [0.3, 0.4) is 0 Å². The molecule has 0 N–H and O–H groups in total. The topological polar surface area (TPSA) is 61.6 Å². The van der Waals surface area contributed by atoms with Crippen molar-refractivity contribution in [3.05, 3.63) is 63.2 Å². The first-order chi connectivity index (χ1) is 9.60. The summed E-state index contributed by atoms with van der Waals surface area (Å²) < 4.78 is 10.8. The lowest BCUT2D eigenvalue weighted by molar-refractivity contribution is -0.384. The molecule has 0 heterocycles. The predicted molar refractivity (Wildman–Crippen MR) is 75.4 cm³/mol. The zero-order valence-corrected chi connectivity index (χ0v) is 11.5. The van der Waals surface area contributed by atoms with Crippen LogP contribution in [-0.4, -0.2) is 12.0 Å². The van der Waals surface area contributed by atoms with Gasteiger partial charge >= 0.3 is 0 Å². The molecule has 0 spiro atoms. The summed E-state index contributed by atoms with van der Waals surface area (Å²) in [5.41, 5.74) is 0.830. The fraction of sp³-hybridized carbons (Fsp3) is 0.143. The van der Waals surface area contributed by atoms with Gasteiger partial charge in [0.05, 0.1) is 12.0 Å². The number of nitrogens with zero attached hydrogens (tertiary/aromatic N) is 1. The van der Waals surface area contributed by atoms with Gasteiger partial charge in [-0.05, 0) is 30.3 Å². The van der Waals surface area contributed by atoms with Crippen LogP contribution < -0.4 is 9.47 Å². The number of methoxy groups -OCH3 is 1. The highest BCUT2D eigenvalue weighted by atomic mass is 35.5. The fourth-order valence-corrected chi connectivity index (χ4v) is 1.88. The van der Waals surface area contributed by atoms with Crippen molar-refractivity contribution in [2.45, 2.75) is 6.61 Å². The minimum absolute atomic E-state index is 0.0256. The molecular formula is C14H12ClNO4. The summed E-state index contributed by atoms with van der Waals surface area (Å²) in [6, 6.07) is 11.1. The Bertz CT molecular complexity index is 613. The van der Waals surface area contributed by atoms with Crippen molar-refractivity contribution in [2.75, 3.05) is 7.11 Å². The Morgan fingerprint density at radius 2 is 1.90 bits per heavy atom. The summed E-state index contributed by atoms with van der Waals surface area (Å²) in [7, 11) is 1.57. The number of hydrogen-bond acceptors (Lipinski definition) is 4. The van der Waals surface area contributed by atoms with Gasteiger partial charge in [0.15, 0.2) is 0 Å². The van der Waals surface area contributed by atoms with Gasteiger partial charge in [-0.2, -0.15) is 0 Å². The Labute approximate surface area is 120 Å². The highest BCUT2D eigenvalue weighted by Crippen LogP contribution is 2.25. The first-order valence-electron chi connectivity index (χ1n) is 5.80. The Morgan fingerprint density at radius 1 is 1.20 bits per heavy atom. The summed E-state index contributed by atoms with van der Waals surface area (Å²) in [6.45, 7) is 0.265. The molecular weight excluding hydrogens is 282 g/mol. The molecule has 0 aliphatic rings. The van der Waals surface area contributed by atoms with Gasteiger partial charge in [0.2, 0.25) is 0 Å². The highest BCUT2D eigenvalue weighted by molar-refractivity contribution is 6.30. The number of rotatable bonds is 5. The van der Waals surface area contributed by atoms with Gasteiger partial charge < -0.3 is 9.47 Å². The minimum Gasteiger partial charge on any atom is -0.496 e. The Kier molecular flexibility index (Phi) is 4.42. The van der Waals surface area contributed by atoms with Crippen molar-refractivity contribution in [2.24, 2.45) is 0 Å². The monoisotopic (exact) mass is 293 g/mol. The molecule has 6 heteroatoms. The SMILES string of the molecule is COc1ccc(Cl)cc1COc1ccc([N+](=O)[O-])cc1. The van der Waals surface area contributed by atoms with E-state index in [0.29, 0.717) is 16.5 Å². The molecule has 0 fully saturated rings. The van der Waals surface area contributed by atoms with Gasteiger partial charge in [-0.25, -0.2) is 0 Å². The normalized spacial score (nSPS) is 10.1. The van der Waals surface area contributed by atoms with Gasteiger partial charge in [0.1, 0.15) is 18.1 Å². The van der Waals surface area contributed by atoms with E-state index >= 15 is 0 Å². The predicted octanol–water partition coefficient (Wildman–Crippen LogP) is 3.84. The number of nitro groups is 1. The van der Waals surface area contributed by atoms with Gasteiger partial charge in [0.25, 0.3) is 5.69 Å². The lowest BCUT2D eigenvalue weighted by Gasteiger charge is -2.10. The number of hydrogen-bond donors (Lipinski definition) is 0. The third-order valence-electron chi connectivity index (χ3n) is 2.68. The quantitative estimate of drug-likeness (QED) is 0.621. The number of ether oxygens (including phenoxy) is 2. The van der Waals surface area contributed by atoms with Crippen LogP contribution in [0.5, 0.6) is 11.5 Å². The molecule has 104 valence electrons. The minimum atomic E-state index is -0.455. The summed E-state index contributed by atoms with van der Waals surface area (Å²) >= 11 is 5.93. The maximum atomic E-state index is 10.5. The molecule has 0 aromatic heterocycles. The molecule has 0 radical (unpaired) electrons. The van der Waals surface area contributed by atoms with Crippen LogP contribution in [0.1, 0.15) is 5.56 Å². The van der Waals surface area contributed by atoms with Gasteiger partial charge in [0, 0.05) is 22.7 Å². The van der Waals surface area contributed by atoms with E-state index in [9.17, 15) is 10.1 Å². The van der Waals surface area contributed by atoms with Crippen LogP contribution in [0, 0.1) is 10.1 Å². The zero-order valence-electron chi connectivity index (χ0n) is 10.7. The summed E-state index contributed by atoms with van der Waals surface area (Å²) in [5, 5.41) is 11.1. The van der Waals surface area contributed by atoms with Crippen LogP contribution >= 0.6 is 11.6 Å². The second kappa shape index (κ2) is 6.25. The van der Waals surface area contributed by atoms with Crippen molar-refractivity contribution in [3.63, 3.8) is 0 Å². The number of non-ortho nitro benzene ring substituents is 1. The van der Waals surface area contributed by atoms with Crippen LogP contribution in [0.2, 0.25) is 5.02 Å². The summed E-state index contributed by atoms with van der Waals surface area (Å²) in [5.74, 6) is 1.22. The Hall–Kier alpha value is -2.27. The van der Waals surface area contributed by atoms with Crippen LogP contribution in [0.15, 0.2) is 42.5 Å². The molecule has 0 bridgehead atoms. The lowest BCUT2D eigenvalue weighted by Crippen LogP contribution is -1.99. The van der Waals surface area contributed by atoms with Crippen molar-refractivity contribution < 1.29 is 14.4 Å². The van der Waals surface area contributed by atoms with Crippen molar-refractivity contribution in [3.8, 4) is 11.5 Å². The average Bonchev–Trinajstić information content (AvgIpc) is 2.45. The second-order valence-electron chi connectivity index (χ2n) is 4.00. The van der Waals surface area contributed by atoms with Crippen LogP contribution in [0.25, 0.3) is 0 Å². The van der Waals surface area contributed by atoms with Gasteiger partial charge in [-0.1, -0.05) is 11.6 Å². The van der Waals surface area contributed by atoms with Crippen molar-refractivity contribution in [1.29, 1.82) is 0 Å². The number of nitro benzene ring substituents is 1. The van der Waals surface area contributed by atoms with E-state index in [2.05, 4.69) is 0 Å². The van der Waals surface area contributed by atoms with Gasteiger partial charge in [-0.15, -0.1) is 0 Å². The highest BCUT2D eigenvalue weighted by Gasteiger charge is 2.07. The van der Waals surface area contributed by atoms with Gasteiger partial charge in [-0.3, -0.25) is 10.1 Å².